The van der Waals surface area contributed by atoms with Crippen LogP contribution in [0.5, 0.6) is 0 Å². The van der Waals surface area contributed by atoms with Crippen molar-refractivity contribution in [3.63, 3.8) is 0 Å². The molecule has 3 aromatic heterocycles. The number of H-pyrrole nitrogens is 1. The van der Waals surface area contributed by atoms with Gasteiger partial charge in [0.2, 0.25) is 5.56 Å². The molecule has 3 aromatic rings. The van der Waals surface area contributed by atoms with Gasteiger partial charge in [-0.2, -0.15) is 23.4 Å². The molecule has 0 aromatic carbocycles. The number of amides is 1. The molecule has 8 nitrogen and oxygen atoms in total. The Labute approximate surface area is 162 Å². The molecule has 11 heteroatoms. The second-order valence-electron chi connectivity index (χ2n) is 6.84. The molecule has 1 amide bonds. The van der Waals surface area contributed by atoms with Crippen LogP contribution in [0.25, 0.3) is 5.69 Å². The van der Waals surface area contributed by atoms with Crippen molar-refractivity contribution in [1.82, 2.24) is 29.9 Å². The predicted octanol–water partition coefficient (Wildman–Crippen LogP) is 2.12. The van der Waals surface area contributed by atoms with E-state index in [0.29, 0.717) is 12.1 Å². The third-order valence-corrected chi connectivity index (χ3v) is 4.85. The molecule has 0 radical (unpaired) electrons. The van der Waals surface area contributed by atoms with Crippen molar-refractivity contribution >= 4 is 5.91 Å². The number of carbonyl (C=O) groups excluding carboxylic acids is 1. The highest BCUT2D eigenvalue weighted by Crippen LogP contribution is 2.31. The maximum atomic E-state index is 12.8. The molecule has 0 bridgehead atoms. The molecule has 4 rings (SSSR count). The Morgan fingerprint density at radius 2 is 2.10 bits per heavy atom. The topological polar surface area (TPSA) is 97.6 Å². The molecule has 29 heavy (non-hydrogen) atoms. The van der Waals surface area contributed by atoms with E-state index in [-0.39, 0.29) is 17.3 Å². The summed E-state index contributed by atoms with van der Waals surface area (Å²) in [4.78, 5) is 26.4. The lowest BCUT2D eigenvalue weighted by molar-refractivity contribution is -0.141. The van der Waals surface area contributed by atoms with Crippen molar-refractivity contribution in [2.45, 2.75) is 31.5 Å². The summed E-state index contributed by atoms with van der Waals surface area (Å²) in [7, 11) is 1.30. The highest BCUT2D eigenvalue weighted by molar-refractivity contribution is 5.93. The van der Waals surface area contributed by atoms with Crippen LogP contribution in [0.15, 0.2) is 35.4 Å². The van der Waals surface area contributed by atoms with Crippen LogP contribution in [0, 0.1) is 0 Å². The molecular weight excluding hydrogens is 389 g/mol. The molecule has 0 saturated heterocycles. The molecule has 1 atom stereocenters. The zero-order valence-electron chi connectivity index (χ0n) is 15.3. The van der Waals surface area contributed by atoms with Gasteiger partial charge in [-0.3, -0.25) is 14.3 Å². The van der Waals surface area contributed by atoms with E-state index in [1.807, 2.05) is 0 Å². The van der Waals surface area contributed by atoms with Crippen molar-refractivity contribution in [2.75, 3.05) is 0 Å². The summed E-state index contributed by atoms with van der Waals surface area (Å²) in [5, 5.41) is 10.7. The van der Waals surface area contributed by atoms with E-state index in [4.69, 9.17) is 0 Å². The average molecular weight is 406 g/mol. The van der Waals surface area contributed by atoms with Crippen LogP contribution in [0.4, 0.5) is 13.2 Å². The summed E-state index contributed by atoms with van der Waals surface area (Å²) in [6, 6.07) is 3.37. The number of hydrogen-bond acceptors (Lipinski definition) is 4. The van der Waals surface area contributed by atoms with Crippen LogP contribution >= 0.6 is 0 Å². The quantitative estimate of drug-likeness (QED) is 0.696. The van der Waals surface area contributed by atoms with Gasteiger partial charge in [-0.1, -0.05) is 0 Å². The van der Waals surface area contributed by atoms with Gasteiger partial charge in [-0.15, -0.1) is 0 Å². The monoisotopic (exact) mass is 406 g/mol. The molecule has 1 unspecified atom stereocenters. The molecular formula is C18H17F3N6O2. The molecule has 0 fully saturated rings. The summed E-state index contributed by atoms with van der Waals surface area (Å²) in [6.45, 7) is 0. The number of alkyl halides is 3. The Morgan fingerprint density at radius 1 is 1.31 bits per heavy atom. The number of halogens is 3. The van der Waals surface area contributed by atoms with Gasteiger partial charge in [0.15, 0.2) is 5.69 Å². The number of fused-ring (bicyclic) bond motifs is 1. The van der Waals surface area contributed by atoms with Crippen molar-refractivity contribution in [3.8, 4) is 5.69 Å². The molecule has 152 valence electrons. The Morgan fingerprint density at radius 3 is 2.76 bits per heavy atom. The van der Waals surface area contributed by atoms with Crippen LogP contribution < -0.4 is 10.9 Å². The van der Waals surface area contributed by atoms with E-state index in [9.17, 15) is 22.8 Å². The van der Waals surface area contributed by atoms with Gasteiger partial charge in [0, 0.05) is 37.1 Å². The van der Waals surface area contributed by atoms with Crippen molar-refractivity contribution < 1.29 is 18.0 Å². The maximum Gasteiger partial charge on any atom is 0.435 e. The van der Waals surface area contributed by atoms with Crippen molar-refractivity contribution in [3.05, 3.63) is 63.6 Å². The Balaban J connectivity index is 1.59. The number of hydrogen-bond donors (Lipinski definition) is 2. The molecule has 0 spiro atoms. The Hall–Kier alpha value is -3.37. The van der Waals surface area contributed by atoms with Gasteiger partial charge in [0.05, 0.1) is 17.4 Å². The zero-order chi connectivity index (χ0) is 20.8. The van der Waals surface area contributed by atoms with Crippen molar-refractivity contribution in [2.24, 2.45) is 7.05 Å². The van der Waals surface area contributed by atoms with Gasteiger partial charge in [-0.25, -0.2) is 4.68 Å². The number of aryl methyl sites for hydroxylation is 2. The zero-order valence-corrected chi connectivity index (χ0v) is 15.3. The first-order valence-electron chi connectivity index (χ1n) is 8.92. The summed E-state index contributed by atoms with van der Waals surface area (Å²) < 4.78 is 41.1. The lowest BCUT2D eigenvalue weighted by Crippen LogP contribution is -2.31. The van der Waals surface area contributed by atoms with Crippen molar-refractivity contribution in [1.29, 1.82) is 0 Å². The molecule has 0 aliphatic heterocycles. The molecule has 1 aliphatic rings. The Kier molecular flexibility index (Phi) is 4.52. The lowest BCUT2D eigenvalue weighted by atomic mass is 9.93. The van der Waals surface area contributed by atoms with Crippen LogP contribution in [-0.2, 0) is 19.6 Å². The Bertz CT molecular complexity index is 1110. The first kappa shape index (κ1) is 19.0. The third-order valence-electron chi connectivity index (χ3n) is 4.85. The number of aromatic amines is 1. The SMILES string of the molecule is Cn1nc(C(F)(F)F)cc1C(=O)NC1CCCc2nn(-c3ccc(=O)[nH]c3)cc21. The number of rotatable bonds is 3. The average Bonchev–Trinajstić information content (AvgIpc) is 3.26. The van der Waals surface area contributed by atoms with Gasteiger partial charge in [-0.05, 0) is 25.3 Å². The van der Waals surface area contributed by atoms with Crippen LogP contribution in [0.3, 0.4) is 0 Å². The minimum Gasteiger partial charge on any atom is -0.344 e. The second-order valence-corrected chi connectivity index (χ2v) is 6.84. The number of pyridine rings is 1. The summed E-state index contributed by atoms with van der Waals surface area (Å²) in [5.41, 5.74) is 0.747. The van der Waals surface area contributed by atoms with Crippen LogP contribution in [0.1, 0.15) is 46.3 Å². The number of nitrogens with one attached hydrogen (secondary N) is 2. The van der Waals surface area contributed by atoms with E-state index >= 15 is 0 Å². The fourth-order valence-electron chi connectivity index (χ4n) is 3.41. The third kappa shape index (κ3) is 3.67. The summed E-state index contributed by atoms with van der Waals surface area (Å²) in [5.74, 6) is -0.634. The van der Waals surface area contributed by atoms with Gasteiger partial charge in [0.25, 0.3) is 5.91 Å². The second kappa shape index (κ2) is 6.90. The van der Waals surface area contributed by atoms with Gasteiger partial charge < -0.3 is 10.3 Å². The maximum absolute atomic E-state index is 12.8. The smallest absolute Gasteiger partial charge is 0.344 e. The largest absolute Gasteiger partial charge is 0.435 e. The first-order valence-corrected chi connectivity index (χ1v) is 8.92. The highest BCUT2D eigenvalue weighted by atomic mass is 19.4. The van der Waals surface area contributed by atoms with E-state index in [2.05, 4.69) is 20.5 Å². The van der Waals surface area contributed by atoms with E-state index < -0.39 is 17.8 Å². The van der Waals surface area contributed by atoms with E-state index in [1.54, 1.807) is 16.9 Å². The van der Waals surface area contributed by atoms with Gasteiger partial charge >= 0.3 is 6.18 Å². The standard InChI is InChI=1S/C18H17F3N6O2/c1-26-14(7-15(25-26)18(19,20)21)17(29)23-12-3-2-4-13-11(12)9-27(24-13)10-5-6-16(28)22-8-10/h5-9,12H,2-4H2,1H3,(H,22,28)(H,23,29). The van der Waals surface area contributed by atoms with E-state index in [0.717, 1.165) is 34.8 Å². The summed E-state index contributed by atoms with van der Waals surface area (Å²) >= 11 is 0. The van der Waals surface area contributed by atoms with Gasteiger partial charge in [0.1, 0.15) is 5.69 Å². The van der Waals surface area contributed by atoms with E-state index in [1.165, 1.54) is 19.3 Å². The molecule has 1 aliphatic carbocycles. The lowest BCUT2D eigenvalue weighted by Gasteiger charge is -2.22. The highest BCUT2D eigenvalue weighted by Gasteiger charge is 2.36. The molecule has 2 N–H and O–H groups in total. The fraction of sp³-hybridized carbons (Fsp3) is 0.333. The van der Waals surface area contributed by atoms with Crippen LogP contribution in [-0.4, -0.2) is 30.5 Å². The van der Waals surface area contributed by atoms with Crippen LogP contribution in [0.2, 0.25) is 0 Å². The minimum atomic E-state index is -4.62. The minimum absolute atomic E-state index is 0.169. The number of nitrogens with zero attached hydrogens (tertiary/aromatic N) is 4. The molecule has 3 heterocycles. The predicted molar refractivity (Wildman–Crippen MR) is 95.5 cm³/mol. The summed E-state index contributed by atoms with van der Waals surface area (Å²) in [6.07, 6.45) is 0.814. The first-order chi connectivity index (χ1) is 13.7. The normalized spacial score (nSPS) is 16.5. The number of carbonyl (C=O) groups is 1. The number of aromatic nitrogens is 5. The fourth-order valence-corrected chi connectivity index (χ4v) is 3.41. The molecule has 0 saturated carbocycles.